The van der Waals surface area contributed by atoms with Crippen molar-refractivity contribution in [3.63, 3.8) is 0 Å². The highest BCUT2D eigenvalue weighted by Crippen LogP contribution is 2.29. The highest BCUT2D eigenvalue weighted by atomic mass is 19.4. The molecule has 1 aliphatic heterocycles. The molecule has 0 saturated carbocycles. The zero-order valence-corrected chi connectivity index (χ0v) is 16.7. The van der Waals surface area contributed by atoms with Crippen LogP contribution >= 0.6 is 0 Å². The van der Waals surface area contributed by atoms with Crippen LogP contribution in [-0.4, -0.2) is 56.7 Å². The first-order valence-corrected chi connectivity index (χ1v) is 9.89. The van der Waals surface area contributed by atoms with Crippen LogP contribution in [0.15, 0.2) is 55.2 Å². The number of benzene rings is 1. The van der Waals surface area contributed by atoms with Crippen LogP contribution in [0.5, 0.6) is 0 Å². The number of anilines is 1. The molecule has 0 bridgehead atoms. The molecule has 0 aliphatic carbocycles. The van der Waals surface area contributed by atoms with Crippen molar-refractivity contribution >= 4 is 11.7 Å². The molecule has 0 atom stereocenters. The summed E-state index contributed by atoms with van der Waals surface area (Å²) in [7, 11) is 0. The molecule has 162 valence electrons. The third kappa shape index (κ3) is 5.01. The molecule has 7 nitrogen and oxygen atoms in total. The maximum Gasteiger partial charge on any atom is 0.417 e. The molecular weight excluding hydrogens is 409 g/mol. The van der Waals surface area contributed by atoms with Gasteiger partial charge in [0.15, 0.2) is 0 Å². The average molecular weight is 430 g/mol. The van der Waals surface area contributed by atoms with Crippen molar-refractivity contribution < 1.29 is 18.0 Å². The van der Waals surface area contributed by atoms with Crippen molar-refractivity contribution in [2.24, 2.45) is 0 Å². The molecule has 2 aromatic heterocycles. The second-order valence-electron chi connectivity index (χ2n) is 7.33. The fourth-order valence-electron chi connectivity index (χ4n) is 3.53. The number of alkyl halides is 3. The number of carbonyl (C=O) groups excluding carboxylic acids is 1. The molecule has 0 spiro atoms. The molecule has 1 aromatic carbocycles. The van der Waals surface area contributed by atoms with Gasteiger partial charge in [0, 0.05) is 37.9 Å². The molecule has 10 heteroatoms. The zero-order valence-electron chi connectivity index (χ0n) is 16.7. The minimum Gasteiger partial charge on any atom is -0.355 e. The summed E-state index contributed by atoms with van der Waals surface area (Å²) in [6, 6.07) is 9.81. The predicted octanol–water partition coefficient (Wildman–Crippen LogP) is 3.09. The van der Waals surface area contributed by atoms with E-state index in [4.69, 9.17) is 0 Å². The molecule has 0 radical (unpaired) electrons. The summed E-state index contributed by atoms with van der Waals surface area (Å²) in [5.74, 6) is 0.425. The third-order valence-corrected chi connectivity index (χ3v) is 5.19. The van der Waals surface area contributed by atoms with E-state index in [9.17, 15) is 18.0 Å². The Morgan fingerprint density at radius 1 is 1.00 bits per heavy atom. The number of aromatic nitrogens is 4. The van der Waals surface area contributed by atoms with E-state index in [2.05, 4.69) is 15.1 Å². The number of amides is 1. The standard InChI is InChI=1S/C21H21F3N6O/c22-21(23,24)18-6-7-19(26-12-18)28-8-1-9-29(11-10-28)20(31)17-4-2-16(3-5-17)13-30-15-25-14-27-30/h2-7,12,14-15H,1,8-11,13H2. The van der Waals surface area contributed by atoms with Crippen molar-refractivity contribution in [2.75, 3.05) is 31.1 Å². The average Bonchev–Trinajstić information content (AvgIpc) is 3.15. The van der Waals surface area contributed by atoms with Crippen LogP contribution in [0.2, 0.25) is 0 Å². The van der Waals surface area contributed by atoms with Gasteiger partial charge in [0.1, 0.15) is 18.5 Å². The van der Waals surface area contributed by atoms with Gasteiger partial charge in [-0.25, -0.2) is 14.6 Å². The summed E-state index contributed by atoms with van der Waals surface area (Å²) in [4.78, 5) is 24.5. The van der Waals surface area contributed by atoms with Gasteiger partial charge in [0.25, 0.3) is 5.91 Å². The summed E-state index contributed by atoms with van der Waals surface area (Å²) < 4.78 is 39.9. The number of rotatable bonds is 4. The van der Waals surface area contributed by atoms with Crippen LogP contribution in [0.4, 0.5) is 19.0 Å². The first kappa shape index (κ1) is 20.8. The Hall–Kier alpha value is -3.43. The van der Waals surface area contributed by atoms with Crippen molar-refractivity contribution in [1.82, 2.24) is 24.6 Å². The lowest BCUT2D eigenvalue weighted by Crippen LogP contribution is -2.35. The quantitative estimate of drug-likeness (QED) is 0.637. The smallest absolute Gasteiger partial charge is 0.355 e. The zero-order chi connectivity index (χ0) is 21.8. The van der Waals surface area contributed by atoms with Gasteiger partial charge in [-0.3, -0.25) is 4.79 Å². The third-order valence-electron chi connectivity index (χ3n) is 5.19. The number of pyridine rings is 1. The predicted molar refractivity (Wildman–Crippen MR) is 108 cm³/mol. The van der Waals surface area contributed by atoms with E-state index in [1.165, 1.54) is 12.4 Å². The van der Waals surface area contributed by atoms with E-state index in [-0.39, 0.29) is 5.91 Å². The molecule has 3 aromatic rings. The van der Waals surface area contributed by atoms with Gasteiger partial charge < -0.3 is 9.80 Å². The van der Waals surface area contributed by atoms with Gasteiger partial charge in [-0.15, -0.1) is 0 Å². The molecular formula is C21H21F3N6O. The van der Waals surface area contributed by atoms with Crippen LogP contribution in [-0.2, 0) is 12.7 Å². The fraction of sp³-hybridized carbons (Fsp3) is 0.333. The van der Waals surface area contributed by atoms with Gasteiger partial charge in [-0.2, -0.15) is 18.3 Å². The van der Waals surface area contributed by atoms with E-state index < -0.39 is 11.7 Å². The number of nitrogens with zero attached hydrogens (tertiary/aromatic N) is 6. The first-order chi connectivity index (χ1) is 14.9. The number of hydrogen-bond acceptors (Lipinski definition) is 5. The molecule has 0 N–H and O–H groups in total. The highest BCUT2D eigenvalue weighted by Gasteiger charge is 2.31. The largest absolute Gasteiger partial charge is 0.417 e. The van der Waals surface area contributed by atoms with Crippen LogP contribution in [0.1, 0.15) is 27.9 Å². The molecule has 1 aliphatic rings. The maximum absolute atomic E-state index is 12.9. The van der Waals surface area contributed by atoms with E-state index >= 15 is 0 Å². The Bertz CT molecular complexity index is 1000. The molecule has 0 unspecified atom stereocenters. The SMILES string of the molecule is O=C(c1ccc(Cn2cncn2)cc1)N1CCCN(c2ccc(C(F)(F)F)cn2)CC1. The Kier molecular flexibility index (Phi) is 5.88. The van der Waals surface area contributed by atoms with Crippen molar-refractivity contribution in [2.45, 2.75) is 19.1 Å². The number of halogens is 3. The van der Waals surface area contributed by atoms with Crippen LogP contribution in [0.25, 0.3) is 0 Å². The van der Waals surface area contributed by atoms with Gasteiger partial charge >= 0.3 is 6.18 Å². The molecule has 4 rings (SSSR count). The normalized spacial score (nSPS) is 15.1. The summed E-state index contributed by atoms with van der Waals surface area (Å²) in [5, 5.41) is 4.07. The minimum absolute atomic E-state index is 0.0606. The Labute approximate surface area is 177 Å². The summed E-state index contributed by atoms with van der Waals surface area (Å²) in [6.07, 6.45) is 0.259. The summed E-state index contributed by atoms with van der Waals surface area (Å²) in [6.45, 7) is 2.76. The lowest BCUT2D eigenvalue weighted by molar-refractivity contribution is -0.137. The summed E-state index contributed by atoms with van der Waals surface area (Å²) >= 11 is 0. The number of hydrogen-bond donors (Lipinski definition) is 0. The molecule has 1 amide bonds. The van der Waals surface area contributed by atoms with Crippen LogP contribution < -0.4 is 4.90 Å². The van der Waals surface area contributed by atoms with E-state index in [0.29, 0.717) is 50.5 Å². The Morgan fingerprint density at radius 2 is 1.81 bits per heavy atom. The fourth-order valence-corrected chi connectivity index (χ4v) is 3.53. The van der Waals surface area contributed by atoms with E-state index in [1.807, 2.05) is 17.0 Å². The molecule has 3 heterocycles. The van der Waals surface area contributed by atoms with E-state index in [0.717, 1.165) is 17.8 Å². The first-order valence-electron chi connectivity index (χ1n) is 9.89. The van der Waals surface area contributed by atoms with Crippen molar-refractivity contribution in [1.29, 1.82) is 0 Å². The molecule has 1 saturated heterocycles. The Morgan fingerprint density at radius 3 is 2.45 bits per heavy atom. The molecule has 31 heavy (non-hydrogen) atoms. The second kappa shape index (κ2) is 8.75. The second-order valence-corrected chi connectivity index (χ2v) is 7.33. The van der Waals surface area contributed by atoms with Gasteiger partial charge in [-0.1, -0.05) is 12.1 Å². The van der Waals surface area contributed by atoms with Crippen molar-refractivity contribution in [3.8, 4) is 0 Å². The van der Waals surface area contributed by atoms with E-state index in [1.54, 1.807) is 28.0 Å². The lowest BCUT2D eigenvalue weighted by atomic mass is 10.1. The van der Waals surface area contributed by atoms with Gasteiger partial charge in [0.2, 0.25) is 0 Å². The maximum atomic E-state index is 12.9. The highest BCUT2D eigenvalue weighted by molar-refractivity contribution is 5.94. The van der Waals surface area contributed by atoms with Crippen molar-refractivity contribution in [3.05, 3.63) is 71.9 Å². The lowest BCUT2D eigenvalue weighted by Gasteiger charge is -2.23. The van der Waals surface area contributed by atoms with Gasteiger partial charge in [0.05, 0.1) is 12.1 Å². The minimum atomic E-state index is -4.40. The summed E-state index contributed by atoms with van der Waals surface area (Å²) in [5.41, 5.74) is 0.844. The number of carbonyl (C=O) groups is 1. The monoisotopic (exact) mass is 430 g/mol. The topological polar surface area (TPSA) is 67.2 Å². The molecule has 1 fully saturated rings. The van der Waals surface area contributed by atoms with Crippen LogP contribution in [0, 0.1) is 0 Å². The Balaban J connectivity index is 1.37. The van der Waals surface area contributed by atoms with Gasteiger partial charge in [-0.05, 0) is 36.2 Å². The van der Waals surface area contributed by atoms with Crippen LogP contribution in [0.3, 0.4) is 0 Å².